The Labute approximate surface area is 379 Å². The monoisotopic (exact) mass is 897 g/mol. The summed E-state index contributed by atoms with van der Waals surface area (Å²) in [6.45, 7) is 0.655. The lowest BCUT2D eigenvalue weighted by molar-refractivity contribution is -0.135. The third-order valence-corrected chi connectivity index (χ3v) is 11.6. The van der Waals surface area contributed by atoms with E-state index < -0.39 is 53.8 Å². The normalized spacial score (nSPS) is 14.7. The molecule has 16 heteroatoms. The largest absolute Gasteiger partial charge is 0.489 e. The van der Waals surface area contributed by atoms with Crippen molar-refractivity contribution in [3.8, 4) is 5.75 Å². The van der Waals surface area contributed by atoms with E-state index >= 15 is 4.79 Å². The molecule has 0 aliphatic carbocycles. The van der Waals surface area contributed by atoms with E-state index in [1.807, 2.05) is 66.7 Å². The van der Waals surface area contributed by atoms with Crippen LogP contribution in [0.2, 0.25) is 0 Å². The zero-order valence-electron chi connectivity index (χ0n) is 34.7. The van der Waals surface area contributed by atoms with Gasteiger partial charge in [-0.25, -0.2) is 4.79 Å². The molecule has 7 rings (SSSR count). The minimum absolute atomic E-state index is 0.0141. The molecule has 328 valence electrons. The maximum Gasteiger partial charge on any atom is 0.410 e. The number of rotatable bonds is 18. The number of hydrogen-bond acceptors (Lipinski definition) is 11. The molecule has 4 atom stereocenters. The van der Waals surface area contributed by atoms with E-state index in [-0.39, 0.29) is 40.8 Å². The third kappa shape index (κ3) is 11.9. The maximum absolute atomic E-state index is 15.3. The van der Waals surface area contributed by atoms with Crippen LogP contribution in [0.25, 0.3) is 0 Å². The van der Waals surface area contributed by atoms with E-state index in [2.05, 4.69) is 20.8 Å². The van der Waals surface area contributed by atoms with Gasteiger partial charge in [-0.2, -0.15) is 0 Å². The molecule has 1 aromatic heterocycles. The van der Waals surface area contributed by atoms with Gasteiger partial charge in [0.2, 0.25) is 16.9 Å². The SMILES string of the molecule is N[C@@H](Cc1ccc(OCc2ccccc2)cc1)C(=O)N(c1ccccc1)C(C(=O)Nc1n[nH]c(=S)s1)C(=O)[C@H](Cc1ccccc1)NC(=O)[C@@H]1CCCN1C(=O)OCc1ccccc1. The molecule has 4 amide bonds. The van der Waals surface area contributed by atoms with Gasteiger partial charge in [-0.1, -0.05) is 133 Å². The summed E-state index contributed by atoms with van der Waals surface area (Å²) >= 11 is 6.17. The average Bonchev–Trinajstić information content (AvgIpc) is 3.99. The number of aromatic amines is 1. The standard InChI is InChI=1S/C48H47N7O7S2/c49-38(28-33-23-25-37(26-24-33)61-30-34-16-7-2-8-17-34)45(59)55(36-20-11-4-12-21-36)41(44(58)51-46-52-53-47(63)64-46)42(56)39(29-32-14-5-1-6-15-32)50-43(57)40-22-13-27-54(40)48(60)62-31-35-18-9-3-10-19-35/h1-12,14-21,23-26,38-41H,13,22,27-31,49H2,(H,50,57)(H,53,63)(H,51,52,58)/t38-,39-,40-,41?/m0/s1. The number of para-hydroxylation sites is 1. The van der Waals surface area contributed by atoms with Crippen molar-refractivity contribution in [3.63, 3.8) is 0 Å². The Hall–Kier alpha value is -7.01. The number of anilines is 2. The molecule has 0 spiro atoms. The molecule has 14 nitrogen and oxygen atoms in total. The lowest BCUT2D eigenvalue weighted by Gasteiger charge is -2.34. The summed E-state index contributed by atoms with van der Waals surface area (Å²) in [5.74, 6) is -2.44. The summed E-state index contributed by atoms with van der Waals surface area (Å²) < 4.78 is 11.8. The highest BCUT2D eigenvalue weighted by atomic mass is 32.1. The predicted octanol–water partition coefficient (Wildman–Crippen LogP) is 6.79. The molecule has 5 aromatic carbocycles. The number of nitrogens with one attached hydrogen (secondary N) is 3. The van der Waals surface area contributed by atoms with Gasteiger partial charge >= 0.3 is 6.09 Å². The summed E-state index contributed by atoms with van der Waals surface area (Å²) in [7, 11) is 0. The van der Waals surface area contributed by atoms with Crippen molar-refractivity contribution in [2.45, 2.75) is 63.1 Å². The number of ketones is 1. The van der Waals surface area contributed by atoms with E-state index in [4.69, 9.17) is 27.4 Å². The number of amides is 4. The van der Waals surface area contributed by atoms with Crippen LogP contribution >= 0.6 is 23.6 Å². The van der Waals surface area contributed by atoms with Crippen LogP contribution in [0, 0.1) is 3.95 Å². The Morgan fingerprint density at radius 1 is 0.781 bits per heavy atom. The van der Waals surface area contributed by atoms with Crippen molar-refractivity contribution >= 4 is 64.0 Å². The van der Waals surface area contributed by atoms with E-state index in [0.717, 1.165) is 27.4 Å². The van der Waals surface area contributed by atoms with Gasteiger partial charge in [0.05, 0.1) is 12.1 Å². The molecule has 64 heavy (non-hydrogen) atoms. The van der Waals surface area contributed by atoms with Crippen LogP contribution in [-0.2, 0) is 50.0 Å². The van der Waals surface area contributed by atoms with Gasteiger partial charge in [0.15, 0.2) is 15.8 Å². The Kier molecular flexibility index (Phi) is 15.4. The summed E-state index contributed by atoms with van der Waals surface area (Å²) in [6, 6.07) is 37.9. The number of aromatic nitrogens is 2. The molecule has 6 aromatic rings. The average molecular weight is 898 g/mol. The Balaban J connectivity index is 1.17. The van der Waals surface area contributed by atoms with Crippen molar-refractivity contribution in [2.24, 2.45) is 5.73 Å². The zero-order valence-corrected chi connectivity index (χ0v) is 36.3. The number of hydrogen-bond donors (Lipinski definition) is 4. The molecular formula is C48H47N7O7S2. The first-order chi connectivity index (χ1) is 31.1. The second-order valence-electron chi connectivity index (χ2n) is 15.1. The van der Waals surface area contributed by atoms with E-state index in [0.29, 0.717) is 36.3 Å². The zero-order chi connectivity index (χ0) is 44.8. The Morgan fingerprint density at radius 2 is 1.36 bits per heavy atom. The molecule has 1 aliphatic heterocycles. The van der Waals surface area contributed by atoms with Gasteiger partial charge in [0, 0.05) is 12.2 Å². The summed E-state index contributed by atoms with van der Waals surface area (Å²) in [5, 5.41) is 12.3. The van der Waals surface area contributed by atoms with Gasteiger partial charge in [-0.3, -0.25) is 39.4 Å². The highest BCUT2D eigenvalue weighted by Crippen LogP contribution is 2.25. The number of nitrogens with zero attached hydrogens (tertiary/aromatic N) is 3. The van der Waals surface area contributed by atoms with Crippen LogP contribution < -0.4 is 26.0 Å². The number of H-pyrrole nitrogens is 1. The van der Waals surface area contributed by atoms with E-state index in [1.54, 1.807) is 78.9 Å². The number of carbonyl (C=O) groups is 5. The maximum atomic E-state index is 15.3. The number of Topliss-reactive ketones (excluding diaryl/α,β-unsaturated/α-hetero) is 1. The highest BCUT2D eigenvalue weighted by molar-refractivity contribution is 7.73. The van der Waals surface area contributed by atoms with Gasteiger partial charge < -0.3 is 20.5 Å². The van der Waals surface area contributed by atoms with Crippen LogP contribution in [-0.4, -0.2) is 75.4 Å². The summed E-state index contributed by atoms with van der Waals surface area (Å²) in [4.78, 5) is 74.9. The van der Waals surface area contributed by atoms with Crippen LogP contribution in [0.3, 0.4) is 0 Å². The topological polar surface area (TPSA) is 189 Å². The number of benzene rings is 5. The molecule has 1 fully saturated rings. The fraction of sp³-hybridized carbons (Fsp3) is 0.229. The second-order valence-corrected chi connectivity index (χ2v) is 16.8. The minimum Gasteiger partial charge on any atom is -0.489 e. The van der Waals surface area contributed by atoms with Gasteiger partial charge in [0.1, 0.15) is 25.0 Å². The lowest BCUT2D eigenvalue weighted by Crippen LogP contribution is -2.62. The van der Waals surface area contributed by atoms with E-state index in [1.165, 1.54) is 4.90 Å². The van der Waals surface area contributed by atoms with Crippen molar-refractivity contribution in [1.29, 1.82) is 0 Å². The highest BCUT2D eigenvalue weighted by Gasteiger charge is 2.44. The smallest absolute Gasteiger partial charge is 0.410 e. The van der Waals surface area contributed by atoms with Crippen molar-refractivity contribution in [1.82, 2.24) is 20.4 Å². The molecular weight excluding hydrogens is 851 g/mol. The number of ether oxygens (including phenoxy) is 2. The molecule has 0 radical (unpaired) electrons. The molecule has 2 heterocycles. The van der Waals surface area contributed by atoms with Gasteiger partial charge in [0.25, 0.3) is 5.91 Å². The Bertz CT molecular complexity index is 2560. The first kappa shape index (κ1) is 45.0. The minimum atomic E-state index is -1.88. The first-order valence-electron chi connectivity index (χ1n) is 20.7. The Morgan fingerprint density at radius 3 is 1.97 bits per heavy atom. The van der Waals surface area contributed by atoms with Crippen molar-refractivity contribution in [2.75, 3.05) is 16.8 Å². The number of likely N-dealkylation sites (tertiary alicyclic amines) is 1. The predicted molar refractivity (Wildman–Crippen MR) is 246 cm³/mol. The van der Waals surface area contributed by atoms with Crippen LogP contribution in [0.4, 0.5) is 15.6 Å². The number of carbonyl (C=O) groups excluding carboxylic acids is 5. The third-order valence-electron chi connectivity index (χ3n) is 10.6. The van der Waals surface area contributed by atoms with Gasteiger partial charge in [-0.15, -0.1) is 5.10 Å². The van der Waals surface area contributed by atoms with E-state index in [9.17, 15) is 19.2 Å². The second kappa shape index (κ2) is 21.9. The fourth-order valence-electron chi connectivity index (χ4n) is 7.40. The van der Waals surface area contributed by atoms with Crippen molar-refractivity contribution in [3.05, 3.63) is 172 Å². The quantitative estimate of drug-likeness (QED) is 0.0529. The van der Waals surface area contributed by atoms with Crippen LogP contribution in [0.5, 0.6) is 5.75 Å². The molecule has 1 aliphatic rings. The van der Waals surface area contributed by atoms with Gasteiger partial charge in [-0.05, 0) is 84.4 Å². The molecule has 1 saturated heterocycles. The molecule has 0 saturated carbocycles. The van der Waals surface area contributed by atoms with Crippen LogP contribution in [0.1, 0.15) is 35.1 Å². The molecule has 5 N–H and O–H groups in total. The first-order valence-corrected chi connectivity index (χ1v) is 22.0. The summed E-state index contributed by atoms with van der Waals surface area (Å²) in [6.07, 6.45) is 0.162. The lowest BCUT2D eigenvalue weighted by atomic mass is 9.94. The molecule has 1 unspecified atom stereocenters. The molecule has 0 bridgehead atoms. The summed E-state index contributed by atoms with van der Waals surface area (Å²) in [5.41, 5.74) is 10.1. The fourth-order valence-corrected chi connectivity index (χ4v) is 8.19. The van der Waals surface area contributed by atoms with Crippen LogP contribution in [0.15, 0.2) is 146 Å². The number of nitrogens with two attached hydrogens (primary N) is 1. The van der Waals surface area contributed by atoms with Crippen molar-refractivity contribution < 1.29 is 33.4 Å².